The van der Waals surface area contributed by atoms with E-state index in [0.29, 0.717) is 17.7 Å². The second-order valence-corrected chi connectivity index (χ2v) is 7.00. The molecule has 0 fully saturated rings. The van der Waals surface area contributed by atoms with Gasteiger partial charge in [-0.25, -0.2) is 9.59 Å². The summed E-state index contributed by atoms with van der Waals surface area (Å²) in [4.78, 5) is 24.0. The van der Waals surface area contributed by atoms with Gasteiger partial charge in [0.2, 0.25) is 0 Å². The van der Waals surface area contributed by atoms with Gasteiger partial charge in [-0.2, -0.15) is 0 Å². The molecule has 0 atom stereocenters. The molecule has 0 radical (unpaired) electrons. The van der Waals surface area contributed by atoms with E-state index in [1.54, 1.807) is 32.0 Å². The molecule has 26 heavy (non-hydrogen) atoms. The highest BCUT2D eigenvalue weighted by molar-refractivity contribution is 5.95. The lowest BCUT2D eigenvalue weighted by Crippen LogP contribution is -2.13. The summed E-state index contributed by atoms with van der Waals surface area (Å²) in [7, 11) is 0. The highest BCUT2D eigenvalue weighted by Crippen LogP contribution is 2.12. The molecule has 1 aromatic rings. The summed E-state index contributed by atoms with van der Waals surface area (Å²) in [6.45, 7) is 6.24. The molecule has 0 amide bonds. The number of rotatable bonds is 13. The summed E-state index contributed by atoms with van der Waals surface area (Å²) >= 11 is 0. The number of benzene rings is 1. The predicted octanol–water partition coefficient (Wildman–Crippen LogP) is 5.94. The zero-order valence-electron chi connectivity index (χ0n) is 16.6. The van der Waals surface area contributed by atoms with Crippen LogP contribution < -0.4 is 0 Å². The fraction of sp³-hybridized carbons (Fsp3) is 0.636. The second kappa shape index (κ2) is 13.4. The van der Waals surface area contributed by atoms with E-state index in [1.807, 2.05) is 0 Å². The molecule has 4 nitrogen and oxygen atoms in total. The van der Waals surface area contributed by atoms with E-state index in [-0.39, 0.29) is 12.1 Å². The second-order valence-electron chi connectivity index (χ2n) is 7.00. The smallest absolute Gasteiger partial charge is 0.338 e. The van der Waals surface area contributed by atoms with Gasteiger partial charge < -0.3 is 9.47 Å². The van der Waals surface area contributed by atoms with Gasteiger partial charge in [0.05, 0.1) is 23.8 Å². The SMILES string of the molecule is CCCCCCCCCCCOC(=O)c1cccc(C(=O)OC(C)C)c1. The van der Waals surface area contributed by atoms with Gasteiger partial charge in [-0.15, -0.1) is 0 Å². The number of unbranched alkanes of at least 4 members (excludes halogenated alkanes) is 8. The zero-order chi connectivity index (χ0) is 19.2. The van der Waals surface area contributed by atoms with Crippen molar-refractivity contribution in [1.82, 2.24) is 0 Å². The van der Waals surface area contributed by atoms with Gasteiger partial charge >= 0.3 is 11.9 Å². The Balaban J connectivity index is 2.22. The molecule has 146 valence electrons. The van der Waals surface area contributed by atoms with Crippen LogP contribution in [0.1, 0.15) is 99.3 Å². The van der Waals surface area contributed by atoms with Crippen LogP contribution in [-0.2, 0) is 9.47 Å². The first kappa shape index (κ1) is 22.2. The Morgan fingerprint density at radius 2 is 1.38 bits per heavy atom. The monoisotopic (exact) mass is 362 g/mol. The van der Waals surface area contributed by atoms with Gasteiger partial charge in [0.1, 0.15) is 0 Å². The number of carbonyl (C=O) groups excluding carboxylic acids is 2. The summed E-state index contributed by atoms with van der Waals surface area (Å²) in [5, 5.41) is 0. The summed E-state index contributed by atoms with van der Waals surface area (Å²) in [6.07, 6.45) is 10.8. The molecule has 0 aromatic heterocycles. The van der Waals surface area contributed by atoms with Gasteiger partial charge in [0, 0.05) is 0 Å². The van der Waals surface area contributed by atoms with Crippen molar-refractivity contribution in [3.63, 3.8) is 0 Å². The van der Waals surface area contributed by atoms with Crippen LogP contribution in [0.4, 0.5) is 0 Å². The van der Waals surface area contributed by atoms with Crippen molar-refractivity contribution in [3.8, 4) is 0 Å². The van der Waals surface area contributed by atoms with Crippen LogP contribution in [-0.4, -0.2) is 24.6 Å². The Morgan fingerprint density at radius 1 is 0.846 bits per heavy atom. The predicted molar refractivity (Wildman–Crippen MR) is 105 cm³/mol. The van der Waals surface area contributed by atoms with E-state index < -0.39 is 5.97 Å². The average Bonchev–Trinajstić information content (AvgIpc) is 2.62. The minimum absolute atomic E-state index is 0.190. The van der Waals surface area contributed by atoms with Crippen LogP contribution in [0.2, 0.25) is 0 Å². The fourth-order valence-corrected chi connectivity index (χ4v) is 2.72. The lowest BCUT2D eigenvalue weighted by Gasteiger charge is -2.09. The molecule has 0 saturated carbocycles. The van der Waals surface area contributed by atoms with Crippen LogP contribution in [0, 0.1) is 0 Å². The third-order valence-corrected chi connectivity index (χ3v) is 4.16. The van der Waals surface area contributed by atoms with E-state index in [4.69, 9.17) is 9.47 Å². The highest BCUT2D eigenvalue weighted by Gasteiger charge is 2.13. The van der Waals surface area contributed by atoms with Gasteiger partial charge in [-0.05, 0) is 38.5 Å². The normalized spacial score (nSPS) is 10.8. The van der Waals surface area contributed by atoms with Crippen LogP contribution in [0.15, 0.2) is 24.3 Å². The Labute approximate surface area is 158 Å². The van der Waals surface area contributed by atoms with Gasteiger partial charge in [-0.1, -0.05) is 64.4 Å². The first-order valence-electron chi connectivity index (χ1n) is 10.0. The Bertz CT molecular complexity index is 537. The standard InChI is InChI=1S/C22H34O4/c1-4-5-6-7-8-9-10-11-12-16-25-21(23)19-14-13-15-20(17-19)22(24)26-18(2)3/h13-15,17-18H,4-12,16H2,1-3H3. The molecule has 0 bridgehead atoms. The molecule has 0 aliphatic rings. The van der Waals surface area contributed by atoms with Gasteiger partial charge in [0.15, 0.2) is 0 Å². The molecule has 0 aliphatic heterocycles. The summed E-state index contributed by atoms with van der Waals surface area (Å²) in [5.74, 6) is -0.808. The molecular weight excluding hydrogens is 328 g/mol. The fourth-order valence-electron chi connectivity index (χ4n) is 2.72. The molecule has 4 heteroatoms. The van der Waals surface area contributed by atoms with E-state index in [9.17, 15) is 9.59 Å². The van der Waals surface area contributed by atoms with Crippen molar-refractivity contribution in [2.24, 2.45) is 0 Å². The molecule has 0 N–H and O–H groups in total. The number of hydrogen-bond donors (Lipinski definition) is 0. The first-order valence-corrected chi connectivity index (χ1v) is 10.0. The lowest BCUT2D eigenvalue weighted by molar-refractivity contribution is 0.0378. The minimum atomic E-state index is -0.423. The van der Waals surface area contributed by atoms with Crippen molar-refractivity contribution in [2.75, 3.05) is 6.61 Å². The van der Waals surface area contributed by atoms with E-state index in [2.05, 4.69) is 6.92 Å². The van der Waals surface area contributed by atoms with Crippen molar-refractivity contribution in [1.29, 1.82) is 0 Å². The third kappa shape index (κ3) is 9.59. The number of hydrogen-bond acceptors (Lipinski definition) is 4. The molecule has 0 spiro atoms. The largest absolute Gasteiger partial charge is 0.462 e. The van der Waals surface area contributed by atoms with E-state index >= 15 is 0 Å². The Kier molecular flexibility index (Phi) is 11.4. The van der Waals surface area contributed by atoms with E-state index in [1.165, 1.54) is 51.0 Å². The molecule has 0 aliphatic carbocycles. The molecule has 0 unspecified atom stereocenters. The van der Waals surface area contributed by atoms with Crippen molar-refractivity contribution < 1.29 is 19.1 Å². The zero-order valence-corrected chi connectivity index (χ0v) is 16.6. The summed E-state index contributed by atoms with van der Waals surface area (Å²) in [6, 6.07) is 6.50. The van der Waals surface area contributed by atoms with Crippen LogP contribution in [0.3, 0.4) is 0 Å². The topological polar surface area (TPSA) is 52.6 Å². The third-order valence-electron chi connectivity index (χ3n) is 4.16. The number of esters is 2. The molecule has 0 saturated heterocycles. The first-order chi connectivity index (χ1) is 12.5. The van der Waals surface area contributed by atoms with Crippen LogP contribution in [0.25, 0.3) is 0 Å². The van der Waals surface area contributed by atoms with Gasteiger partial charge in [-0.3, -0.25) is 0 Å². The van der Waals surface area contributed by atoms with Crippen LogP contribution in [0.5, 0.6) is 0 Å². The minimum Gasteiger partial charge on any atom is -0.462 e. The van der Waals surface area contributed by atoms with Crippen LogP contribution >= 0.6 is 0 Å². The van der Waals surface area contributed by atoms with E-state index in [0.717, 1.165) is 12.8 Å². The van der Waals surface area contributed by atoms with Crippen molar-refractivity contribution >= 4 is 11.9 Å². The average molecular weight is 363 g/mol. The lowest BCUT2D eigenvalue weighted by atomic mass is 10.1. The van der Waals surface area contributed by atoms with Gasteiger partial charge in [0.25, 0.3) is 0 Å². The Morgan fingerprint density at radius 3 is 1.96 bits per heavy atom. The maximum absolute atomic E-state index is 12.1. The Hall–Kier alpha value is -1.84. The molecular formula is C22H34O4. The number of carbonyl (C=O) groups is 2. The highest BCUT2D eigenvalue weighted by atomic mass is 16.5. The maximum atomic E-state index is 12.1. The molecule has 1 aromatic carbocycles. The molecule has 0 heterocycles. The maximum Gasteiger partial charge on any atom is 0.338 e. The van der Waals surface area contributed by atoms with Crippen molar-refractivity contribution in [2.45, 2.75) is 84.7 Å². The molecule has 1 rings (SSSR count). The van der Waals surface area contributed by atoms with Crippen molar-refractivity contribution in [3.05, 3.63) is 35.4 Å². The summed E-state index contributed by atoms with van der Waals surface area (Å²) in [5.41, 5.74) is 0.760. The quantitative estimate of drug-likeness (QED) is 0.322. The number of ether oxygens (including phenoxy) is 2. The summed E-state index contributed by atoms with van der Waals surface area (Å²) < 4.78 is 10.5.